The molecule has 5 heteroatoms. The first-order chi connectivity index (χ1) is 15.0. The van der Waals surface area contributed by atoms with Gasteiger partial charge in [0.15, 0.2) is 0 Å². The van der Waals surface area contributed by atoms with Crippen LogP contribution in [0.2, 0.25) is 0 Å². The number of allylic oxidation sites excluding steroid dienone is 1. The molecule has 0 saturated carbocycles. The van der Waals surface area contributed by atoms with Crippen LogP contribution in [0.3, 0.4) is 0 Å². The molecule has 0 aromatic rings. The summed E-state index contributed by atoms with van der Waals surface area (Å²) in [6, 6.07) is 0. The molecule has 1 rings (SSSR count). The van der Waals surface area contributed by atoms with Gasteiger partial charge in [0.05, 0.1) is 0 Å². The minimum Gasteiger partial charge on any atom is -0.391 e. The van der Waals surface area contributed by atoms with Crippen LogP contribution < -0.4 is 5.32 Å². The minimum absolute atomic E-state index is 0.305. The van der Waals surface area contributed by atoms with Crippen molar-refractivity contribution < 1.29 is 4.79 Å². The van der Waals surface area contributed by atoms with Crippen molar-refractivity contribution in [3.63, 3.8) is 0 Å². The molecule has 0 radical (unpaired) electrons. The fourth-order valence-electron chi connectivity index (χ4n) is 4.27. The Bertz CT molecular complexity index is 544. The Kier molecular flexibility index (Phi) is 15.2. The number of nitrogens with one attached hydrogen (secondary N) is 2. The van der Waals surface area contributed by atoms with E-state index in [1.165, 1.54) is 70.6 Å². The number of rotatable bonds is 15. The lowest BCUT2D eigenvalue weighted by Crippen LogP contribution is -2.37. The highest BCUT2D eigenvalue weighted by Gasteiger charge is 2.21. The predicted octanol–water partition coefficient (Wildman–Crippen LogP) is 6.10. The zero-order valence-corrected chi connectivity index (χ0v) is 21.0. The molecular formula is C26H50N4O. The van der Waals surface area contributed by atoms with Crippen molar-refractivity contribution in [2.24, 2.45) is 0 Å². The number of hydrogen-bond acceptors (Lipinski definition) is 3. The molecule has 0 aliphatic carbocycles. The number of carbonyl (C=O) groups excluding carboxylic acids is 1. The summed E-state index contributed by atoms with van der Waals surface area (Å²) in [5.41, 5.74) is 2.02. The maximum absolute atomic E-state index is 12.6. The smallest absolute Gasteiger partial charge is 0.222 e. The van der Waals surface area contributed by atoms with Gasteiger partial charge in [-0.05, 0) is 26.7 Å². The van der Waals surface area contributed by atoms with Gasteiger partial charge >= 0.3 is 0 Å². The highest BCUT2D eigenvalue weighted by Crippen LogP contribution is 2.14. The zero-order chi connectivity index (χ0) is 22.9. The molecule has 31 heavy (non-hydrogen) atoms. The molecule has 1 fully saturated rings. The first-order valence-electron chi connectivity index (χ1n) is 13.0. The van der Waals surface area contributed by atoms with Crippen LogP contribution in [0.5, 0.6) is 0 Å². The lowest BCUT2D eigenvalue weighted by molar-refractivity contribution is -0.131. The molecule has 2 N–H and O–H groups in total. The molecular weight excluding hydrogens is 384 g/mol. The summed E-state index contributed by atoms with van der Waals surface area (Å²) in [5, 5.41) is 11.6. The molecule has 0 spiro atoms. The van der Waals surface area contributed by atoms with E-state index in [-0.39, 0.29) is 0 Å². The van der Waals surface area contributed by atoms with Crippen LogP contribution >= 0.6 is 0 Å². The number of nitrogens with zero attached hydrogens (tertiary/aromatic N) is 2. The van der Waals surface area contributed by atoms with Gasteiger partial charge in [-0.3, -0.25) is 10.2 Å². The van der Waals surface area contributed by atoms with Crippen LogP contribution in [0.4, 0.5) is 0 Å². The number of amides is 1. The molecule has 1 saturated heterocycles. The second-order valence-electron chi connectivity index (χ2n) is 9.21. The van der Waals surface area contributed by atoms with Gasteiger partial charge in [0, 0.05) is 50.9 Å². The van der Waals surface area contributed by atoms with Gasteiger partial charge in [-0.15, -0.1) is 0 Å². The quantitative estimate of drug-likeness (QED) is 0.186. The summed E-state index contributed by atoms with van der Waals surface area (Å²) in [6.45, 7) is 9.46. The van der Waals surface area contributed by atoms with Gasteiger partial charge in [0.25, 0.3) is 0 Å². The number of unbranched alkanes of at least 4 members (excludes halogenated alkanes) is 11. The third-order valence-electron chi connectivity index (χ3n) is 6.70. The molecule has 1 amide bonds. The van der Waals surface area contributed by atoms with Crippen LogP contribution in [0.25, 0.3) is 0 Å². The Hall–Kier alpha value is -1.52. The summed E-state index contributed by atoms with van der Waals surface area (Å²) in [6.07, 6.45) is 17.5. The van der Waals surface area contributed by atoms with Crippen LogP contribution in [-0.2, 0) is 4.79 Å². The molecule has 1 aliphatic heterocycles. The number of amidine groups is 1. The number of carbonyl (C=O) groups is 1. The Balaban J connectivity index is 2.13. The van der Waals surface area contributed by atoms with E-state index >= 15 is 0 Å². The Morgan fingerprint density at radius 1 is 0.774 bits per heavy atom. The first kappa shape index (κ1) is 27.5. The van der Waals surface area contributed by atoms with E-state index in [1.807, 2.05) is 25.8 Å². The van der Waals surface area contributed by atoms with Gasteiger partial charge in [-0.25, -0.2) is 0 Å². The molecule has 0 bridgehead atoms. The lowest BCUT2D eigenvalue weighted by Gasteiger charge is -2.25. The SMILES string of the molecule is CCCCCCCCCCCCCCC(=O)N1CCCN(C(=N)/C(C)=C(/C)NC)CC1. The molecule has 5 nitrogen and oxygen atoms in total. The van der Waals surface area contributed by atoms with Crippen molar-refractivity contribution in [1.82, 2.24) is 15.1 Å². The van der Waals surface area contributed by atoms with Crippen LogP contribution in [0.15, 0.2) is 11.3 Å². The molecule has 180 valence electrons. The zero-order valence-electron chi connectivity index (χ0n) is 21.0. The van der Waals surface area contributed by atoms with E-state index in [4.69, 9.17) is 5.41 Å². The summed E-state index contributed by atoms with van der Waals surface area (Å²) in [7, 11) is 1.89. The van der Waals surface area contributed by atoms with Crippen molar-refractivity contribution in [3.8, 4) is 0 Å². The molecule has 1 heterocycles. The predicted molar refractivity (Wildman–Crippen MR) is 134 cm³/mol. The minimum atomic E-state index is 0.305. The van der Waals surface area contributed by atoms with E-state index in [2.05, 4.69) is 17.1 Å². The topological polar surface area (TPSA) is 59.4 Å². The largest absolute Gasteiger partial charge is 0.391 e. The van der Waals surface area contributed by atoms with Gasteiger partial charge < -0.3 is 15.1 Å². The lowest BCUT2D eigenvalue weighted by atomic mass is 10.0. The fourth-order valence-corrected chi connectivity index (χ4v) is 4.27. The highest BCUT2D eigenvalue weighted by atomic mass is 16.2. The van der Waals surface area contributed by atoms with E-state index < -0.39 is 0 Å². The standard InChI is InChI=1S/C26H50N4O/c1-5-6-7-8-9-10-11-12-13-14-15-16-18-25(31)29-19-17-20-30(22-21-29)26(27)23(2)24(3)28-4/h27-28H,5-22H2,1-4H3/b24-23-,27-26?. The van der Waals surface area contributed by atoms with E-state index in [0.717, 1.165) is 50.3 Å². The summed E-state index contributed by atoms with van der Waals surface area (Å²) in [4.78, 5) is 16.8. The van der Waals surface area contributed by atoms with Gasteiger partial charge in [-0.1, -0.05) is 77.6 Å². The number of hydrogen-bond donors (Lipinski definition) is 2. The summed E-state index contributed by atoms with van der Waals surface area (Å²) >= 11 is 0. The second-order valence-corrected chi connectivity index (χ2v) is 9.21. The Morgan fingerprint density at radius 2 is 1.26 bits per heavy atom. The molecule has 0 aromatic carbocycles. The van der Waals surface area contributed by atoms with Gasteiger partial charge in [0.1, 0.15) is 5.84 Å². The van der Waals surface area contributed by atoms with E-state index in [0.29, 0.717) is 18.2 Å². The molecule has 0 unspecified atom stereocenters. The van der Waals surface area contributed by atoms with Crippen LogP contribution in [0, 0.1) is 5.41 Å². The summed E-state index contributed by atoms with van der Waals surface area (Å²) in [5.74, 6) is 0.890. The third kappa shape index (κ3) is 11.6. The monoisotopic (exact) mass is 434 g/mol. The average molecular weight is 435 g/mol. The maximum atomic E-state index is 12.6. The Labute approximate surface area is 192 Å². The average Bonchev–Trinajstić information content (AvgIpc) is 3.04. The third-order valence-corrected chi connectivity index (χ3v) is 6.70. The fraction of sp³-hybridized carbons (Fsp3) is 0.846. The van der Waals surface area contributed by atoms with Crippen molar-refractivity contribution in [2.75, 3.05) is 33.2 Å². The van der Waals surface area contributed by atoms with Crippen molar-refractivity contribution in [1.29, 1.82) is 5.41 Å². The Morgan fingerprint density at radius 3 is 1.81 bits per heavy atom. The van der Waals surface area contributed by atoms with Crippen LogP contribution in [-0.4, -0.2) is 54.8 Å². The van der Waals surface area contributed by atoms with Gasteiger partial charge in [0.2, 0.25) is 5.91 Å². The van der Waals surface area contributed by atoms with Crippen molar-refractivity contribution >= 4 is 11.7 Å². The maximum Gasteiger partial charge on any atom is 0.222 e. The normalized spacial score (nSPS) is 15.5. The van der Waals surface area contributed by atoms with Crippen LogP contribution in [0.1, 0.15) is 111 Å². The highest BCUT2D eigenvalue weighted by molar-refractivity contribution is 5.95. The second kappa shape index (κ2) is 17.1. The van der Waals surface area contributed by atoms with E-state index in [1.54, 1.807) is 0 Å². The van der Waals surface area contributed by atoms with E-state index in [9.17, 15) is 4.79 Å². The molecule has 1 aliphatic rings. The first-order valence-corrected chi connectivity index (χ1v) is 13.0. The summed E-state index contributed by atoms with van der Waals surface area (Å²) < 4.78 is 0. The molecule has 0 aromatic heterocycles. The van der Waals surface area contributed by atoms with Crippen molar-refractivity contribution in [2.45, 2.75) is 111 Å². The molecule has 0 atom stereocenters. The van der Waals surface area contributed by atoms with Crippen molar-refractivity contribution in [3.05, 3.63) is 11.3 Å². The van der Waals surface area contributed by atoms with Gasteiger partial charge in [-0.2, -0.15) is 0 Å².